The second-order valence-electron chi connectivity index (χ2n) is 5.72. The second-order valence-corrected chi connectivity index (χ2v) is 6.16. The van der Waals surface area contributed by atoms with Crippen LogP contribution in [0, 0.1) is 6.92 Å². The number of fused-ring (bicyclic) bond motifs is 1. The Balaban J connectivity index is 1.82. The van der Waals surface area contributed by atoms with E-state index in [0.717, 1.165) is 34.3 Å². The molecule has 3 rings (SSSR count). The summed E-state index contributed by atoms with van der Waals surface area (Å²) in [5, 5.41) is 3.88. The van der Waals surface area contributed by atoms with Crippen molar-refractivity contribution in [1.29, 1.82) is 0 Å². The fourth-order valence-electron chi connectivity index (χ4n) is 2.72. The van der Waals surface area contributed by atoms with Crippen molar-refractivity contribution in [3.63, 3.8) is 0 Å². The number of carbonyl (C=O) groups is 1. The minimum Gasteiger partial charge on any atom is -0.358 e. The Labute approximate surface area is 146 Å². The molecule has 0 radical (unpaired) electrons. The molecule has 130 valence electrons. The Morgan fingerprint density at radius 1 is 1.20 bits per heavy atom. The van der Waals surface area contributed by atoms with Gasteiger partial charge in [-0.25, -0.2) is 0 Å². The molecule has 2 aromatic carbocycles. The number of aryl methyl sites for hydroxylation is 1. The lowest BCUT2D eigenvalue weighted by atomic mass is 10.1. The Morgan fingerprint density at radius 3 is 2.68 bits per heavy atom. The van der Waals surface area contributed by atoms with Gasteiger partial charge in [-0.1, -0.05) is 17.7 Å². The van der Waals surface area contributed by atoms with Crippen LogP contribution in [0.4, 0.5) is 18.9 Å². The van der Waals surface area contributed by atoms with Gasteiger partial charge in [-0.3, -0.25) is 4.79 Å². The fraction of sp³-hybridized carbons (Fsp3) is 0.167. The van der Waals surface area contributed by atoms with Gasteiger partial charge in [0.1, 0.15) is 0 Å². The number of rotatable bonds is 3. The summed E-state index contributed by atoms with van der Waals surface area (Å²) < 4.78 is 38.2. The number of alkyl halides is 3. The highest BCUT2D eigenvalue weighted by Gasteiger charge is 2.30. The van der Waals surface area contributed by atoms with E-state index in [4.69, 9.17) is 11.6 Å². The molecule has 1 heterocycles. The quantitative estimate of drug-likeness (QED) is 0.646. The lowest BCUT2D eigenvalue weighted by Crippen LogP contribution is -2.15. The van der Waals surface area contributed by atoms with Crippen LogP contribution < -0.4 is 5.32 Å². The van der Waals surface area contributed by atoms with E-state index < -0.39 is 17.6 Å². The van der Waals surface area contributed by atoms with E-state index in [2.05, 4.69) is 10.3 Å². The van der Waals surface area contributed by atoms with E-state index in [1.54, 1.807) is 12.1 Å². The van der Waals surface area contributed by atoms with Gasteiger partial charge in [0.05, 0.1) is 12.0 Å². The summed E-state index contributed by atoms with van der Waals surface area (Å²) in [6.07, 6.45) is -4.42. The molecule has 2 N–H and O–H groups in total. The normalized spacial score (nSPS) is 11.7. The molecule has 3 aromatic rings. The average molecular weight is 367 g/mol. The average Bonchev–Trinajstić information content (AvgIpc) is 2.82. The van der Waals surface area contributed by atoms with Crippen molar-refractivity contribution in [2.75, 3.05) is 5.32 Å². The van der Waals surface area contributed by atoms with Crippen LogP contribution >= 0.6 is 11.6 Å². The maximum Gasteiger partial charge on any atom is 0.416 e. The highest BCUT2D eigenvalue weighted by Crippen LogP contribution is 2.31. The van der Waals surface area contributed by atoms with E-state index in [-0.39, 0.29) is 12.1 Å². The molecular formula is C18H14ClF3N2O. The first kappa shape index (κ1) is 17.4. The smallest absolute Gasteiger partial charge is 0.358 e. The van der Waals surface area contributed by atoms with Crippen LogP contribution in [0.5, 0.6) is 0 Å². The molecule has 0 atom stereocenters. The van der Waals surface area contributed by atoms with Gasteiger partial charge in [0, 0.05) is 27.3 Å². The topological polar surface area (TPSA) is 44.9 Å². The van der Waals surface area contributed by atoms with Gasteiger partial charge in [-0.05, 0) is 48.9 Å². The standard InChI is InChI=1S/C18H14ClF3N2O/c1-10-14(15-8-12(19)5-6-16(15)23-10)9-17(25)24-13-4-2-3-11(7-13)18(20,21)22/h2-8,23H,9H2,1H3,(H,24,25). The van der Waals surface area contributed by atoms with Gasteiger partial charge < -0.3 is 10.3 Å². The number of anilines is 1. The van der Waals surface area contributed by atoms with Gasteiger partial charge in [0.25, 0.3) is 0 Å². The number of carbonyl (C=O) groups excluding carboxylic acids is 1. The van der Waals surface area contributed by atoms with Crippen LogP contribution in [0.15, 0.2) is 42.5 Å². The molecule has 25 heavy (non-hydrogen) atoms. The number of amides is 1. The SMILES string of the molecule is Cc1[nH]c2ccc(Cl)cc2c1CC(=O)Nc1cccc(C(F)(F)F)c1. The highest BCUT2D eigenvalue weighted by molar-refractivity contribution is 6.31. The third-order valence-electron chi connectivity index (χ3n) is 3.89. The number of hydrogen-bond acceptors (Lipinski definition) is 1. The summed E-state index contributed by atoms with van der Waals surface area (Å²) in [5.41, 5.74) is 1.73. The first-order valence-electron chi connectivity index (χ1n) is 7.48. The number of aromatic amines is 1. The van der Waals surface area contributed by atoms with E-state index >= 15 is 0 Å². The van der Waals surface area contributed by atoms with E-state index in [1.165, 1.54) is 12.1 Å². The number of nitrogens with one attached hydrogen (secondary N) is 2. The van der Waals surface area contributed by atoms with Crippen molar-refractivity contribution in [2.24, 2.45) is 0 Å². The van der Waals surface area contributed by atoms with Crippen molar-refractivity contribution < 1.29 is 18.0 Å². The summed E-state index contributed by atoms with van der Waals surface area (Å²) in [5.74, 6) is -0.400. The monoisotopic (exact) mass is 366 g/mol. The Bertz CT molecular complexity index is 947. The maximum absolute atomic E-state index is 12.7. The van der Waals surface area contributed by atoms with Crippen molar-refractivity contribution in [3.05, 3.63) is 64.3 Å². The second kappa shape index (κ2) is 6.44. The lowest BCUT2D eigenvalue weighted by molar-refractivity contribution is -0.137. The van der Waals surface area contributed by atoms with Crippen LogP contribution in [-0.2, 0) is 17.4 Å². The zero-order valence-electron chi connectivity index (χ0n) is 13.2. The molecule has 3 nitrogen and oxygen atoms in total. The number of halogens is 4. The molecule has 0 aliphatic heterocycles. The Hall–Kier alpha value is -2.47. The van der Waals surface area contributed by atoms with Gasteiger partial charge >= 0.3 is 6.18 Å². The van der Waals surface area contributed by atoms with E-state index in [9.17, 15) is 18.0 Å². The van der Waals surface area contributed by atoms with Crippen molar-refractivity contribution in [3.8, 4) is 0 Å². The minimum absolute atomic E-state index is 0.0302. The van der Waals surface area contributed by atoms with E-state index in [1.807, 2.05) is 13.0 Å². The third kappa shape index (κ3) is 3.79. The molecule has 0 aliphatic carbocycles. The van der Waals surface area contributed by atoms with Gasteiger partial charge in [0.2, 0.25) is 5.91 Å². The highest BCUT2D eigenvalue weighted by atomic mass is 35.5. The predicted molar refractivity (Wildman–Crippen MR) is 91.8 cm³/mol. The third-order valence-corrected chi connectivity index (χ3v) is 4.13. The fourth-order valence-corrected chi connectivity index (χ4v) is 2.89. The summed E-state index contributed by atoms with van der Waals surface area (Å²) in [6.45, 7) is 1.83. The van der Waals surface area contributed by atoms with Crippen LogP contribution in [0.3, 0.4) is 0 Å². The molecule has 0 bridgehead atoms. The number of benzene rings is 2. The maximum atomic E-state index is 12.7. The van der Waals surface area contributed by atoms with Crippen molar-refractivity contribution >= 4 is 34.1 Å². The van der Waals surface area contributed by atoms with Gasteiger partial charge in [0.15, 0.2) is 0 Å². The van der Waals surface area contributed by atoms with E-state index in [0.29, 0.717) is 5.02 Å². The molecule has 0 fully saturated rings. The summed E-state index contributed by atoms with van der Waals surface area (Å²) in [4.78, 5) is 15.4. The number of hydrogen-bond donors (Lipinski definition) is 2. The first-order chi connectivity index (χ1) is 11.7. The number of aromatic nitrogens is 1. The molecular weight excluding hydrogens is 353 g/mol. The minimum atomic E-state index is -4.45. The van der Waals surface area contributed by atoms with Crippen LogP contribution in [-0.4, -0.2) is 10.9 Å². The van der Waals surface area contributed by atoms with Gasteiger partial charge in [-0.2, -0.15) is 13.2 Å². The number of H-pyrrole nitrogens is 1. The van der Waals surface area contributed by atoms with Crippen LogP contribution in [0.1, 0.15) is 16.8 Å². The summed E-state index contributed by atoms with van der Waals surface area (Å²) in [7, 11) is 0. The molecule has 0 saturated carbocycles. The zero-order chi connectivity index (χ0) is 18.2. The predicted octanol–water partition coefficient (Wildman–Crippen LogP) is 5.33. The Kier molecular flexibility index (Phi) is 4.47. The van der Waals surface area contributed by atoms with Gasteiger partial charge in [-0.15, -0.1) is 0 Å². The molecule has 1 aromatic heterocycles. The molecule has 0 aliphatic rings. The molecule has 0 spiro atoms. The van der Waals surface area contributed by atoms with Crippen molar-refractivity contribution in [2.45, 2.75) is 19.5 Å². The molecule has 7 heteroatoms. The largest absolute Gasteiger partial charge is 0.416 e. The lowest BCUT2D eigenvalue weighted by Gasteiger charge is -2.10. The zero-order valence-corrected chi connectivity index (χ0v) is 13.9. The van der Waals surface area contributed by atoms with Crippen LogP contribution in [0.2, 0.25) is 5.02 Å². The van der Waals surface area contributed by atoms with Crippen LogP contribution in [0.25, 0.3) is 10.9 Å². The molecule has 1 amide bonds. The van der Waals surface area contributed by atoms with Crippen molar-refractivity contribution in [1.82, 2.24) is 4.98 Å². The molecule has 0 unspecified atom stereocenters. The summed E-state index contributed by atoms with van der Waals surface area (Å²) >= 11 is 6.01. The first-order valence-corrected chi connectivity index (χ1v) is 7.85. The summed E-state index contributed by atoms with van der Waals surface area (Å²) in [6, 6.07) is 9.87. The molecule has 0 saturated heterocycles. The Morgan fingerprint density at radius 2 is 1.96 bits per heavy atom.